The minimum atomic E-state index is 0. The van der Waals surface area contributed by atoms with Crippen molar-refractivity contribution in [2.24, 2.45) is 23.2 Å². The van der Waals surface area contributed by atoms with E-state index >= 15 is 0 Å². The summed E-state index contributed by atoms with van der Waals surface area (Å²) in [6.07, 6.45) is 4.70. The SMILES string of the molecule is C=C[C@H]1[C@H](C(C)C)CC[C@@]1([CH2-])C.[Br-].[Mg+2]. The first-order chi connectivity index (χ1) is 5.49. The van der Waals surface area contributed by atoms with E-state index < -0.39 is 0 Å². The second-order valence-corrected chi connectivity index (χ2v) is 4.86. The monoisotopic (exact) mass is 268 g/mol. The number of allylic oxidation sites excluding steroid dienone is 1. The molecule has 0 radical (unpaired) electrons. The van der Waals surface area contributed by atoms with Gasteiger partial charge in [-0.3, -0.25) is 0 Å². The largest absolute Gasteiger partial charge is 2.00 e. The summed E-state index contributed by atoms with van der Waals surface area (Å²) in [6, 6.07) is 0. The van der Waals surface area contributed by atoms with Gasteiger partial charge in [0.1, 0.15) is 0 Å². The van der Waals surface area contributed by atoms with Gasteiger partial charge in [0.2, 0.25) is 0 Å². The molecular weight excluding hydrogens is 248 g/mol. The maximum atomic E-state index is 4.28. The van der Waals surface area contributed by atoms with E-state index in [0.717, 1.165) is 11.8 Å². The quantitative estimate of drug-likeness (QED) is 0.385. The van der Waals surface area contributed by atoms with Crippen LogP contribution in [0.1, 0.15) is 33.6 Å². The molecular formula is C12H21BrMg. The fourth-order valence-corrected chi connectivity index (χ4v) is 2.57. The minimum absolute atomic E-state index is 0. The van der Waals surface area contributed by atoms with E-state index in [4.69, 9.17) is 0 Å². The van der Waals surface area contributed by atoms with Crippen LogP contribution in [0.15, 0.2) is 12.7 Å². The molecule has 0 amide bonds. The van der Waals surface area contributed by atoms with Crippen molar-refractivity contribution in [1.29, 1.82) is 0 Å². The Kier molecular flexibility index (Phi) is 8.12. The van der Waals surface area contributed by atoms with Crippen LogP contribution in [0.25, 0.3) is 0 Å². The maximum Gasteiger partial charge on any atom is 2.00 e. The van der Waals surface area contributed by atoms with Crippen molar-refractivity contribution in [1.82, 2.24) is 0 Å². The molecule has 0 unspecified atom stereocenters. The summed E-state index contributed by atoms with van der Waals surface area (Å²) in [7, 11) is 0. The van der Waals surface area contributed by atoms with Crippen molar-refractivity contribution in [3.8, 4) is 0 Å². The van der Waals surface area contributed by atoms with Gasteiger partial charge in [0.25, 0.3) is 0 Å². The van der Waals surface area contributed by atoms with Gasteiger partial charge in [-0.05, 0) is 17.8 Å². The van der Waals surface area contributed by atoms with Crippen molar-refractivity contribution < 1.29 is 17.0 Å². The summed E-state index contributed by atoms with van der Waals surface area (Å²) in [5.41, 5.74) is 0.247. The number of rotatable bonds is 2. The molecule has 0 spiro atoms. The molecule has 14 heavy (non-hydrogen) atoms. The third kappa shape index (κ3) is 3.53. The molecule has 1 saturated carbocycles. The zero-order chi connectivity index (χ0) is 9.35. The van der Waals surface area contributed by atoms with Gasteiger partial charge in [0.05, 0.1) is 0 Å². The number of halogens is 1. The van der Waals surface area contributed by atoms with Crippen molar-refractivity contribution >= 4 is 23.1 Å². The summed E-state index contributed by atoms with van der Waals surface area (Å²) >= 11 is 0. The molecule has 2 heteroatoms. The van der Waals surface area contributed by atoms with E-state index in [1.165, 1.54) is 12.8 Å². The van der Waals surface area contributed by atoms with Gasteiger partial charge in [-0.2, -0.15) is 5.41 Å². The third-order valence-electron chi connectivity index (χ3n) is 3.43. The van der Waals surface area contributed by atoms with Crippen molar-refractivity contribution in [3.63, 3.8) is 0 Å². The summed E-state index contributed by atoms with van der Waals surface area (Å²) in [5.74, 6) is 2.21. The molecule has 0 aromatic heterocycles. The molecule has 0 bridgehead atoms. The predicted octanol–water partition coefficient (Wildman–Crippen LogP) is 0.318. The van der Waals surface area contributed by atoms with E-state index in [2.05, 4.69) is 40.3 Å². The van der Waals surface area contributed by atoms with Crippen LogP contribution in [-0.4, -0.2) is 23.1 Å². The molecule has 78 valence electrons. The molecule has 0 N–H and O–H groups in total. The Hall–Kier alpha value is 0.986. The normalized spacial score (nSPS) is 36.1. The first-order valence-electron chi connectivity index (χ1n) is 4.97. The first-order valence-corrected chi connectivity index (χ1v) is 4.97. The Bertz CT molecular complexity index is 175. The van der Waals surface area contributed by atoms with Gasteiger partial charge in [-0.25, -0.2) is 0 Å². The zero-order valence-electron chi connectivity index (χ0n) is 9.72. The van der Waals surface area contributed by atoms with Gasteiger partial charge in [0.15, 0.2) is 0 Å². The average molecular weight is 270 g/mol. The van der Waals surface area contributed by atoms with E-state index in [0.29, 0.717) is 5.92 Å². The van der Waals surface area contributed by atoms with E-state index in [1.807, 2.05) is 0 Å². The van der Waals surface area contributed by atoms with E-state index in [1.54, 1.807) is 0 Å². The third-order valence-corrected chi connectivity index (χ3v) is 3.43. The molecule has 1 rings (SSSR count). The van der Waals surface area contributed by atoms with Gasteiger partial charge in [-0.15, -0.1) is 6.58 Å². The van der Waals surface area contributed by atoms with Crippen molar-refractivity contribution in [2.45, 2.75) is 33.6 Å². The van der Waals surface area contributed by atoms with Crippen LogP contribution in [0, 0.1) is 30.1 Å². The summed E-state index contributed by atoms with van der Waals surface area (Å²) in [6.45, 7) is 15.1. The van der Waals surface area contributed by atoms with E-state index in [-0.39, 0.29) is 45.4 Å². The molecule has 1 aliphatic rings. The Balaban J connectivity index is 0. The molecule has 3 atom stereocenters. The molecule has 0 aromatic rings. The van der Waals surface area contributed by atoms with Gasteiger partial charge in [-0.1, -0.05) is 39.7 Å². The van der Waals surface area contributed by atoms with Crippen LogP contribution in [0.3, 0.4) is 0 Å². The van der Waals surface area contributed by atoms with Crippen molar-refractivity contribution in [2.75, 3.05) is 0 Å². The molecule has 1 fully saturated rings. The van der Waals surface area contributed by atoms with Crippen LogP contribution < -0.4 is 17.0 Å². The van der Waals surface area contributed by atoms with E-state index in [9.17, 15) is 0 Å². The molecule has 1 aliphatic carbocycles. The number of hydrogen-bond donors (Lipinski definition) is 0. The molecule has 0 saturated heterocycles. The van der Waals surface area contributed by atoms with Crippen LogP contribution in [0.4, 0.5) is 0 Å². The second kappa shape index (κ2) is 6.54. The molecule has 0 nitrogen and oxygen atoms in total. The predicted molar refractivity (Wildman–Crippen MR) is 60.5 cm³/mol. The fraction of sp³-hybridized carbons (Fsp3) is 0.750. The van der Waals surface area contributed by atoms with Gasteiger partial charge < -0.3 is 23.9 Å². The Morgan fingerprint density at radius 1 is 1.50 bits per heavy atom. The van der Waals surface area contributed by atoms with Crippen LogP contribution in [0.5, 0.6) is 0 Å². The van der Waals surface area contributed by atoms with Crippen LogP contribution >= 0.6 is 0 Å². The summed E-state index contributed by atoms with van der Waals surface area (Å²) in [5, 5.41) is 0. The summed E-state index contributed by atoms with van der Waals surface area (Å²) in [4.78, 5) is 0. The fourth-order valence-electron chi connectivity index (χ4n) is 2.57. The minimum Gasteiger partial charge on any atom is -1.00 e. The van der Waals surface area contributed by atoms with Crippen LogP contribution in [-0.2, 0) is 0 Å². The summed E-state index contributed by atoms with van der Waals surface area (Å²) < 4.78 is 0. The Labute approximate surface area is 116 Å². The van der Waals surface area contributed by atoms with Crippen LogP contribution in [0.2, 0.25) is 0 Å². The molecule has 0 aliphatic heterocycles. The first kappa shape index (κ1) is 17.4. The molecule has 0 aromatic carbocycles. The molecule has 0 heterocycles. The van der Waals surface area contributed by atoms with Gasteiger partial charge >= 0.3 is 23.1 Å². The smallest absolute Gasteiger partial charge is 1.00 e. The van der Waals surface area contributed by atoms with Gasteiger partial charge in [0, 0.05) is 0 Å². The number of hydrogen-bond acceptors (Lipinski definition) is 0. The average Bonchev–Trinajstić information content (AvgIpc) is 2.24. The Morgan fingerprint density at radius 3 is 2.29 bits per heavy atom. The second-order valence-electron chi connectivity index (χ2n) is 4.86. The maximum absolute atomic E-state index is 4.28. The Morgan fingerprint density at radius 2 is 2.00 bits per heavy atom. The standard InChI is InChI=1S/C12H21.BrH.Mg/c1-6-11-10(9(2)3)7-8-12(11,4)5;;/h6,9-11H,1,4,7-8H2,2-3,5H3;1H;/q-1;;+2/p-1/t10-,11-,12+;;/m0../s1. The van der Waals surface area contributed by atoms with Crippen molar-refractivity contribution in [3.05, 3.63) is 19.6 Å². The topological polar surface area (TPSA) is 0 Å². The zero-order valence-corrected chi connectivity index (χ0v) is 12.7.